The Kier molecular flexibility index (Phi) is 4.65. The van der Waals surface area contributed by atoms with Gasteiger partial charge in [0.05, 0.1) is 15.5 Å². The van der Waals surface area contributed by atoms with Crippen molar-refractivity contribution < 1.29 is 4.92 Å². The molecule has 0 aliphatic carbocycles. The molecule has 0 spiro atoms. The Hall–Kier alpha value is -1.98. The Morgan fingerprint density at radius 3 is 2.75 bits per heavy atom. The maximum atomic E-state index is 11.0. The average molecular weight is 292 g/mol. The van der Waals surface area contributed by atoms with E-state index in [0.29, 0.717) is 23.7 Å². The lowest BCUT2D eigenvalue weighted by Crippen LogP contribution is -2.14. The van der Waals surface area contributed by atoms with Crippen LogP contribution >= 0.6 is 11.6 Å². The van der Waals surface area contributed by atoms with Crippen LogP contribution in [0, 0.1) is 17.0 Å². The number of aromatic nitrogens is 1. The van der Waals surface area contributed by atoms with Crippen LogP contribution in [0.3, 0.4) is 0 Å². The van der Waals surface area contributed by atoms with Gasteiger partial charge in [0.2, 0.25) is 0 Å². The van der Waals surface area contributed by atoms with Crippen molar-refractivity contribution in [3.05, 3.63) is 68.5 Å². The summed E-state index contributed by atoms with van der Waals surface area (Å²) in [7, 11) is 0. The summed E-state index contributed by atoms with van der Waals surface area (Å²) in [6.07, 6.45) is 1.78. The molecule has 104 valence electrons. The molecular weight excluding hydrogens is 278 g/mol. The van der Waals surface area contributed by atoms with Crippen LogP contribution in [0.2, 0.25) is 5.02 Å². The predicted octanol–water partition coefficient (Wildman–Crippen LogP) is 3.24. The van der Waals surface area contributed by atoms with Crippen LogP contribution in [0.25, 0.3) is 0 Å². The number of nitrogens with zero attached hydrogens (tertiary/aromatic N) is 2. The fourth-order valence-corrected chi connectivity index (χ4v) is 2.06. The lowest BCUT2D eigenvalue weighted by atomic mass is 10.1. The molecule has 0 bridgehead atoms. The van der Waals surface area contributed by atoms with Crippen molar-refractivity contribution in [2.24, 2.45) is 0 Å². The van der Waals surface area contributed by atoms with Crippen molar-refractivity contribution in [3.63, 3.8) is 0 Å². The van der Waals surface area contributed by atoms with Gasteiger partial charge in [-0.05, 0) is 24.6 Å². The fourth-order valence-electron chi connectivity index (χ4n) is 1.83. The number of halogens is 1. The first-order chi connectivity index (χ1) is 9.58. The Bertz CT molecular complexity index is 614. The summed E-state index contributed by atoms with van der Waals surface area (Å²) < 4.78 is 0. The molecule has 5 nitrogen and oxygen atoms in total. The second kappa shape index (κ2) is 6.45. The van der Waals surface area contributed by atoms with Gasteiger partial charge in [0.1, 0.15) is 0 Å². The monoisotopic (exact) mass is 291 g/mol. The van der Waals surface area contributed by atoms with E-state index in [9.17, 15) is 10.1 Å². The van der Waals surface area contributed by atoms with Crippen LogP contribution in [0.5, 0.6) is 0 Å². The van der Waals surface area contributed by atoms with Gasteiger partial charge in [-0.1, -0.05) is 23.7 Å². The Morgan fingerprint density at radius 2 is 2.10 bits per heavy atom. The smallest absolute Gasteiger partial charge is 0.275 e. The van der Waals surface area contributed by atoms with Crippen LogP contribution in [0.15, 0.2) is 36.5 Å². The van der Waals surface area contributed by atoms with E-state index in [1.54, 1.807) is 18.3 Å². The minimum atomic E-state index is -0.420. The van der Waals surface area contributed by atoms with Crippen molar-refractivity contribution in [1.29, 1.82) is 0 Å². The van der Waals surface area contributed by atoms with Gasteiger partial charge in [-0.3, -0.25) is 15.1 Å². The van der Waals surface area contributed by atoms with Gasteiger partial charge in [-0.25, -0.2) is 0 Å². The number of hydrogen-bond acceptors (Lipinski definition) is 4. The van der Waals surface area contributed by atoms with Gasteiger partial charge in [-0.15, -0.1) is 0 Å². The Labute approximate surface area is 121 Å². The molecule has 20 heavy (non-hydrogen) atoms. The van der Waals surface area contributed by atoms with Gasteiger partial charge >= 0.3 is 0 Å². The number of nitro groups is 1. The van der Waals surface area contributed by atoms with Crippen molar-refractivity contribution in [2.45, 2.75) is 20.0 Å². The summed E-state index contributed by atoms with van der Waals surface area (Å²) in [6, 6.07) is 8.58. The number of pyridine rings is 1. The highest BCUT2D eigenvalue weighted by Crippen LogP contribution is 2.25. The number of benzene rings is 1. The molecule has 0 saturated carbocycles. The molecule has 0 unspecified atom stereocenters. The summed E-state index contributed by atoms with van der Waals surface area (Å²) in [5.74, 6) is 0. The minimum absolute atomic E-state index is 0.0343. The van der Waals surface area contributed by atoms with Gasteiger partial charge in [0.25, 0.3) is 5.69 Å². The van der Waals surface area contributed by atoms with Crippen molar-refractivity contribution >= 4 is 17.3 Å². The number of nitrogens with one attached hydrogen (secondary N) is 1. The summed E-state index contributed by atoms with van der Waals surface area (Å²) >= 11 is 6.02. The molecule has 0 amide bonds. The van der Waals surface area contributed by atoms with E-state index < -0.39 is 4.92 Å². The normalized spacial score (nSPS) is 10.5. The van der Waals surface area contributed by atoms with E-state index in [4.69, 9.17) is 11.6 Å². The predicted molar refractivity (Wildman–Crippen MR) is 77.6 cm³/mol. The lowest BCUT2D eigenvalue weighted by Gasteiger charge is -2.07. The fraction of sp³-hybridized carbons (Fsp3) is 0.214. The van der Waals surface area contributed by atoms with E-state index >= 15 is 0 Å². The van der Waals surface area contributed by atoms with Gasteiger partial charge in [-0.2, -0.15) is 0 Å². The molecule has 1 aromatic carbocycles. The standard InChI is InChI=1S/C14H14ClN3O2/c1-10-5-6-11(8-17-10)7-16-9-12-13(15)3-2-4-14(12)18(19)20/h2-6,8,16H,7,9H2,1H3. The largest absolute Gasteiger partial charge is 0.308 e. The Morgan fingerprint density at radius 1 is 1.30 bits per heavy atom. The first-order valence-electron chi connectivity index (χ1n) is 6.12. The minimum Gasteiger partial charge on any atom is -0.308 e. The zero-order valence-electron chi connectivity index (χ0n) is 11.0. The average Bonchev–Trinajstić information content (AvgIpc) is 2.42. The molecule has 0 aliphatic rings. The van der Waals surface area contributed by atoms with Crippen LogP contribution in [0.4, 0.5) is 5.69 Å². The second-order valence-corrected chi connectivity index (χ2v) is 4.81. The number of hydrogen-bond donors (Lipinski definition) is 1. The van der Waals surface area contributed by atoms with Gasteiger partial charge < -0.3 is 5.32 Å². The van der Waals surface area contributed by atoms with Gasteiger partial charge in [0.15, 0.2) is 0 Å². The molecule has 1 N–H and O–H groups in total. The molecular formula is C14H14ClN3O2. The van der Waals surface area contributed by atoms with Gasteiger partial charge in [0, 0.05) is 31.0 Å². The number of aryl methyl sites for hydroxylation is 1. The molecule has 6 heteroatoms. The highest BCUT2D eigenvalue weighted by atomic mass is 35.5. The molecule has 0 aliphatic heterocycles. The molecule has 0 radical (unpaired) electrons. The molecule has 1 aromatic heterocycles. The quantitative estimate of drug-likeness (QED) is 0.678. The van der Waals surface area contributed by atoms with Crippen molar-refractivity contribution in [3.8, 4) is 0 Å². The highest BCUT2D eigenvalue weighted by Gasteiger charge is 2.15. The molecule has 2 rings (SSSR count). The topological polar surface area (TPSA) is 68.1 Å². The van der Waals surface area contributed by atoms with E-state index in [1.807, 2.05) is 19.1 Å². The third kappa shape index (κ3) is 3.53. The SMILES string of the molecule is Cc1ccc(CNCc2c(Cl)cccc2[N+](=O)[O-])cn1. The molecule has 0 fully saturated rings. The summed E-state index contributed by atoms with van der Waals surface area (Å²) in [5, 5.41) is 14.5. The number of nitro benzene ring substituents is 1. The third-order valence-electron chi connectivity index (χ3n) is 2.89. The van der Waals surface area contributed by atoms with E-state index in [-0.39, 0.29) is 5.69 Å². The summed E-state index contributed by atoms with van der Waals surface area (Å²) in [4.78, 5) is 14.7. The highest BCUT2D eigenvalue weighted by molar-refractivity contribution is 6.31. The van der Waals surface area contributed by atoms with E-state index in [0.717, 1.165) is 11.3 Å². The lowest BCUT2D eigenvalue weighted by molar-refractivity contribution is -0.385. The number of rotatable bonds is 5. The molecule has 0 atom stereocenters. The van der Waals surface area contributed by atoms with Crippen molar-refractivity contribution in [1.82, 2.24) is 10.3 Å². The first kappa shape index (κ1) is 14.4. The van der Waals surface area contributed by atoms with Crippen LogP contribution in [-0.4, -0.2) is 9.91 Å². The third-order valence-corrected chi connectivity index (χ3v) is 3.25. The summed E-state index contributed by atoms with van der Waals surface area (Å²) in [6.45, 7) is 2.84. The summed E-state index contributed by atoms with van der Waals surface area (Å²) in [5.41, 5.74) is 2.51. The zero-order chi connectivity index (χ0) is 14.5. The van der Waals surface area contributed by atoms with Crippen LogP contribution in [0.1, 0.15) is 16.8 Å². The van der Waals surface area contributed by atoms with Crippen LogP contribution in [-0.2, 0) is 13.1 Å². The maximum absolute atomic E-state index is 11.0. The Balaban J connectivity index is 2.04. The van der Waals surface area contributed by atoms with Crippen molar-refractivity contribution in [2.75, 3.05) is 0 Å². The maximum Gasteiger partial charge on any atom is 0.275 e. The second-order valence-electron chi connectivity index (χ2n) is 4.41. The molecule has 0 saturated heterocycles. The molecule has 1 heterocycles. The van der Waals surface area contributed by atoms with Crippen LogP contribution < -0.4 is 5.32 Å². The van der Waals surface area contributed by atoms with E-state index in [1.165, 1.54) is 6.07 Å². The zero-order valence-corrected chi connectivity index (χ0v) is 11.7. The first-order valence-corrected chi connectivity index (χ1v) is 6.50. The van der Waals surface area contributed by atoms with E-state index in [2.05, 4.69) is 10.3 Å². The molecule has 2 aromatic rings.